The molecule has 1 atom stereocenters. The van der Waals surface area contributed by atoms with E-state index in [-0.39, 0.29) is 18.6 Å². The molecule has 176 valence electrons. The third kappa shape index (κ3) is 7.47. The van der Waals surface area contributed by atoms with Gasteiger partial charge in [0.25, 0.3) is 5.91 Å². The molecule has 0 radical (unpaired) electrons. The van der Waals surface area contributed by atoms with Crippen LogP contribution in [0.1, 0.15) is 39.2 Å². The second-order valence-electron chi connectivity index (χ2n) is 8.69. The summed E-state index contributed by atoms with van der Waals surface area (Å²) in [5.74, 6) is 0.107. The monoisotopic (exact) mass is 447 g/mol. The Hall–Kier alpha value is -3.23. The number of likely N-dealkylation sites (N-methyl/N-ethyl adjacent to an activating group) is 1. The van der Waals surface area contributed by atoms with Gasteiger partial charge in [-0.05, 0) is 57.4 Å². The van der Waals surface area contributed by atoms with E-state index < -0.39 is 17.6 Å². The van der Waals surface area contributed by atoms with Gasteiger partial charge in [-0.15, -0.1) is 0 Å². The number of carbonyl (C=O) groups excluding carboxylic acids is 3. The highest BCUT2D eigenvalue weighted by molar-refractivity contribution is 5.92. The van der Waals surface area contributed by atoms with Crippen molar-refractivity contribution in [2.75, 3.05) is 33.9 Å². The number of hydrogen-bond acceptors (Lipinski definition) is 6. The lowest BCUT2D eigenvalue weighted by atomic mass is 10.1. The van der Waals surface area contributed by atoms with Gasteiger partial charge in [-0.2, -0.15) is 0 Å². The van der Waals surface area contributed by atoms with Gasteiger partial charge in [0.2, 0.25) is 5.91 Å². The van der Waals surface area contributed by atoms with Gasteiger partial charge in [0.15, 0.2) is 18.1 Å². The molecule has 9 nitrogen and oxygen atoms in total. The zero-order chi connectivity index (χ0) is 23.9. The van der Waals surface area contributed by atoms with E-state index in [9.17, 15) is 14.4 Å². The first kappa shape index (κ1) is 25.0. The number of primary amides is 1. The lowest BCUT2D eigenvalue weighted by Crippen LogP contribution is -2.44. The zero-order valence-corrected chi connectivity index (χ0v) is 19.4. The van der Waals surface area contributed by atoms with Crippen molar-refractivity contribution in [1.82, 2.24) is 9.80 Å². The predicted octanol–water partition coefficient (Wildman–Crippen LogP) is 2.43. The van der Waals surface area contributed by atoms with Gasteiger partial charge in [0.05, 0.1) is 7.11 Å². The van der Waals surface area contributed by atoms with E-state index in [1.165, 1.54) is 18.1 Å². The Balaban J connectivity index is 2.01. The van der Waals surface area contributed by atoms with Crippen molar-refractivity contribution in [2.24, 2.45) is 5.73 Å². The molecule has 9 heteroatoms. The van der Waals surface area contributed by atoms with Crippen LogP contribution < -0.4 is 15.2 Å². The highest BCUT2D eigenvalue weighted by Crippen LogP contribution is 2.28. The van der Waals surface area contributed by atoms with Crippen LogP contribution in [-0.4, -0.2) is 73.2 Å². The van der Waals surface area contributed by atoms with Crippen LogP contribution in [-0.2, 0) is 14.3 Å². The van der Waals surface area contributed by atoms with Gasteiger partial charge >= 0.3 is 6.09 Å². The summed E-state index contributed by atoms with van der Waals surface area (Å²) in [5, 5.41) is 0. The number of carbonyl (C=O) groups is 3. The Morgan fingerprint density at radius 1 is 1.25 bits per heavy atom. The Morgan fingerprint density at radius 2 is 1.97 bits per heavy atom. The van der Waals surface area contributed by atoms with Crippen LogP contribution in [0.3, 0.4) is 0 Å². The maximum atomic E-state index is 12.8. The van der Waals surface area contributed by atoms with Crippen molar-refractivity contribution in [3.63, 3.8) is 0 Å². The minimum atomic E-state index is -0.584. The SMILES string of the molecule is COc1cc(C=CC(=O)N2CCCC2CN(C)C(=O)OC(C)(C)C)ccc1OCC(N)=O. The van der Waals surface area contributed by atoms with Crippen molar-refractivity contribution in [3.05, 3.63) is 29.8 Å². The smallest absolute Gasteiger partial charge is 0.410 e. The maximum absolute atomic E-state index is 12.8. The predicted molar refractivity (Wildman–Crippen MR) is 120 cm³/mol. The fraction of sp³-hybridized carbons (Fsp3) is 0.522. The summed E-state index contributed by atoms with van der Waals surface area (Å²) in [5.41, 5.74) is 5.27. The van der Waals surface area contributed by atoms with E-state index in [4.69, 9.17) is 19.9 Å². The second-order valence-corrected chi connectivity index (χ2v) is 8.69. The molecule has 3 amide bonds. The van der Waals surface area contributed by atoms with Crippen molar-refractivity contribution in [1.29, 1.82) is 0 Å². The van der Waals surface area contributed by atoms with Crippen LogP contribution >= 0.6 is 0 Å². The number of hydrogen-bond donors (Lipinski definition) is 1. The van der Waals surface area contributed by atoms with Crippen LogP contribution in [0.2, 0.25) is 0 Å². The van der Waals surface area contributed by atoms with Gasteiger partial charge in [0, 0.05) is 32.3 Å². The third-order valence-corrected chi connectivity index (χ3v) is 4.83. The third-order valence-electron chi connectivity index (χ3n) is 4.83. The highest BCUT2D eigenvalue weighted by atomic mass is 16.6. The van der Waals surface area contributed by atoms with Gasteiger partial charge in [-0.3, -0.25) is 9.59 Å². The molecule has 0 spiro atoms. The fourth-order valence-corrected chi connectivity index (χ4v) is 3.37. The summed E-state index contributed by atoms with van der Waals surface area (Å²) in [6.45, 7) is 6.26. The van der Waals surface area contributed by atoms with E-state index in [0.29, 0.717) is 24.6 Å². The molecule has 0 saturated carbocycles. The molecule has 0 aliphatic carbocycles. The molecule has 0 aromatic heterocycles. The number of ether oxygens (including phenoxy) is 3. The number of nitrogens with two attached hydrogens (primary N) is 1. The molecule has 1 aliphatic rings. The number of benzene rings is 1. The number of nitrogens with zero attached hydrogens (tertiary/aromatic N) is 2. The standard InChI is InChI=1S/C23H33N3O6/c1-23(2,3)32-22(29)25(4)14-17-7-6-12-26(17)21(28)11-9-16-8-10-18(19(13-16)30-5)31-15-20(24)27/h8-11,13,17H,6-7,12,14-15H2,1-5H3,(H2,24,27). The molecule has 1 saturated heterocycles. The summed E-state index contributed by atoms with van der Waals surface area (Å²) in [6.07, 6.45) is 4.50. The van der Waals surface area contributed by atoms with Crippen molar-refractivity contribution < 1.29 is 28.6 Å². The summed E-state index contributed by atoms with van der Waals surface area (Å²) >= 11 is 0. The van der Waals surface area contributed by atoms with E-state index in [1.54, 1.807) is 36.2 Å². The van der Waals surface area contributed by atoms with Crippen molar-refractivity contribution in [2.45, 2.75) is 45.3 Å². The molecule has 1 aromatic rings. The van der Waals surface area contributed by atoms with E-state index >= 15 is 0 Å². The number of likely N-dealkylation sites (tertiary alicyclic amines) is 1. The van der Waals surface area contributed by atoms with Crippen LogP contribution in [0.4, 0.5) is 4.79 Å². The van der Waals surface area contributed by atoms with Gasteiger partial charge in [0.1, 0.15) is 5.60 Å². The van der Waals surface area contributed by atoms with Crippen molar-refractivity contribution >= 4 is 24.0 Å². The average molecular weight is 448 g/mol. The van der Waals surface area contributed by atoms with Crippen molar-refractivity contribution in [3.8, 4) is 11.5 Å². The number of amides is 3. The highest BCUT2D eigenvalue weighted by Gasteiger charge is 2.30. The van der Waals surface area contributed by atoms with E-state index in [1.807, 2.05) is 20.8 Å². The first-order valence-electron chi connectivity index (χ1n) is 10.5. The Morgan fingerprint density at radius 3 is 2.59 bits per heavy atom. The quantitative estimate of drug-likeness (QED) is 0.613. The molecule has 2 rings (SSSR count). The zero-order valence-electron chi connectivity index (χ0n) is 19.4. The molecule has 1 fully saturated rings. The largest absolute Gasteiger partial charge is 0.493 e. The molecule has 1 aliphatic heterocycles. The first-order chi connectivity index (χ1) is 15.0. The molecular formula is C23H33N3O6. The van der Waals surface area contributed by atoms with Gasteiger partial charge < -0.3 is 29.7 Å². The minimum Gasteiger partial charge on any atom is -0.493 e. The van der Waals surface area contributed by atoms with E-state index in [0.717, 1.165) is 18.4 Å². The Bertz CT molecular complexity index is 862. The van der Waals surface area contributed by atoms with Gasteiger partial charge in [-0.25, -0.2) is 4.79 Å². The minimum absolute atomic E-state index is 0.0659. The Labute approximate surface area is 189 Å². The second kappa shape index (κ2) is 10.9. The lowest BCUT2D eigenvalue weighted by molar-refractivity contribution is -0.127. The normalized spacial score (nSPS) is 16.2. The van der Waals surface area contributed by atoms with Crippen LogP contribution in [0.25, 0.3) is 6.08 Å². The Kier molecular flexibility index (Phi) is 8.51. The molecule has 1 aromatic carbocycles. The lowest BCUT2D eigenvalue weighted by Gasteiger charge is -2.30. The summed E-state index contributed by atoms with van der Waals surface area (Å²) in [6, 6.07) is 5.04. The molecule has 1 heterocycles. The summed E-state index contributed by atoms with van der Waals surface area (Å²) in [4.78, 5) is 39.2. The molecule has 2 N–H and O–H groups in total. The van der Waals surface area contributed by atoms with Gasteiger partial charge in [-0.1, -0.05) is 6.07 Å². The van der Waals surface area contributed by atoms with Crippen LogP contribution in [0, 0.1) is 0 Å². The first-order valence-corrected chi connectivity index (χ1v) is 10.5. The van der Waals surface area contributed by atoms with Crippen LogP contribution in [0.15, 0.2) is 24.3 Å². The summed E-state index contributed by atoms with van der Waals surface area (Å²) in [7, 11) is 3.17. The average Bonchev–Trinajstić information content (AvgIpc) is 3.17. The maximum Gasteiger partial charge on any atom is 0.410 e. The van der Waals surface area contributed by atoms with E-state index in [2.05, 4.69) is 0 Å². The molecule has 0 bridgehead atoms. The fourth-order valence-electron chi connectivity index (χ4n) is 3.37. The molecular weight excluding hydrogens is 414 g/mol. The topological polar surface area (TPSA) is 111 Å². The number of methoxy groups -OCH3 is 1. The van der Waals surface area contributed by atoms with Crippen LogP contribution in [0.5, 0.6) is 11.5 Å². The molecule has 32 heavy (non-hydrogen) atoms. The molecule has 1 unspecified atom stereocenters. The summed E-state index contributed by atoms with van der Waals surface area (Å²) < 4.78 is 16.0. The number of rotatable bonds is 8.